The van der Waals surface area contributed by atoms with Gasteiger partial charge < -0.3 is 34.6 Å². The number of aliphatic hydroxyl groups excluding tert-OH is 2. The maximum atomic E-state index is 12.9. The van der Waals surface area contributed by atoms with E-state index < -0.39 is 24.4 Å². The summed E-state index contributed by atoms with van der Waals surface area (Å²) in [5.74, 6) is -0.511. The van der Waals surface area contributed by atoms with Crippen molar-refractivity contribution in [2.75, 3.05) is 44.7 Å². The molecule has 2 fully saturated rings. The molecular formula is C31H37N5O4. The number of carbonyl (C=O) groups is 1. The zero-order valence-corrected chi connectivity index (χ0v) is 23.3. The average Bonchev–Trinajstić information content (AvgIpc) is 3.32. The maximum Gasteiger partial charge on any atom is 0.262 e. The minimum absolute atomic E-state index is 0.0135. The molecule has 0 saturated carbocycles. The molecule has 210 valence electrons. The predicted octanol–water partition coefficient (Wildman–Crippen LogP) is 2.87. The molecular weight excluding hydrogens is 506 g/mol. The highest BCUT2D eigenvalue weighted by Crippen LogP contribution is 2.31. The second-order valence-electron chi connectivity index (χ2n) is 10.9. The highest BCUT2D eigenvalue weighted by Gasteiger charge is 2.28. The number of hydrogen-bond acceptors (Lipinski definition) is 7. The number of fused-ring (bicyclic) bond motifs is 1. The molecule has 2 aliphatic rings. The Balaban J connectivity index is 1.33. The number of piperazine rings is 1. The molecule has 3 aromatic rings. The fourth-order valence-electron chi connectivity index (χ4n) is 5.66. The average molecular weight is 544 g/mol. The number of carbonyl (C=O) groups excluding carboxylic acids is 1. The Labute approximate surface area is 234 Å². The van der Waals surface area contributed by atoms with E-state index in [1.807, 2.05) is 29.8 Å². The highest BCUT2D eigenvalue weighted by molar-refractivity contribution is 6.04. The molecule has 2 aliphatic heterocycles. The van der Waals surface area contributed by atoms with E-state index in [0.717, 1.165) is 48.5 Å². The summed E-state index contributed by atoms with van der Waals surface area (Å²) in [4.78, 5) is 17.7. The zero-order valence-electron chi connectivity index (χ0n) is 23.3. The molecule has 0 bridgehead atoms. The van der Waals surface area contributed by atoms with Crippen LogP contribution in [0.25, 0.3) is 27.6 Å². The van der Waals surface area contributed by atoms with Crippen LogP contribution in [0, 0.1) is 11.3 Å². The van der Waals surface area contributed by atoms with Gasteiger partial charge >= 0.3 is 0 Å². The fraction of sp³-hybridized carbons (Fsp3) is 0.419. The van der Waals surface area contributed by atoms with Crippen LogP contribution in [0.15, 0.2) is 54.1 Å². The Bertz CT molecular complexity index is 1450. The van der Waals surface area contributed by atoms with Crippen molar-refractivity contribution in [1.29, 1.82) is 5.26 Å². The molecule has 0 spiro atoms. The van der Waals surface area contributed by atoms with E-state index in [2.05, 4.69) is 58.6 Å². The van der Waals surface area contributed by atoms with Crippen molar-refractivity contribution in [2.45, 2.75) is 38.3 Å². The number of nitrogens with zero attached hydrogens (tertiary/aromatic N) is 4. The molecule has 3 N–H and O–H groups in total. The Hall–Kier alpha value is -3.68. The van der Waals surface area contributed by atoms with Gasteiger partial charge in [-0.15, -0.1) is 0 Å². The summed E-state index contributed by atoms with van der Waals surface area (Å²) in [5.41, 5.74) is 4.63. The fourth-order valence-corrected chi connectivity index (χ4v) is 5.66. The number of nitrogens with one attached hydrogen (secondary N) is 1. The highest BCUT2D eigenvalue weighted by atomic mass is 16.6. The van der Waals surface area contributed by atoms with E-state index in [4.69, 9.17) is 4.74 Å². The second-order valence-corrected chi connectivity index (χ2v) is 10.9. The van der Waals surface area contributed by atoms with Gasteiger partial charge in [-0.3, -0.25) is 4.79 Å². The first kappa shape index (κ1) is 27.9. The number of amides is 1. The molecule has 3 unspecified atom stereocenters. The third kappa shape index (κ3) is 5.91. The first-order valence-electron chi connectivity index (χ1n) is 13.8. The lowest BCUT2D eigenvalue weighted by atomic mass is 10.0. The number of benzene rings is 2. The molecule has 0 aliphatic carbocycles. The third-order valence-corrected chi connectivity index (χ3v) is 8.06. The molecule has 2 saturated heterocycles. The molecule has 3 atom stereocenters. The summed E-state index contributed by atoms with van der Waals surface area (Å²) in [6, 6.07) is 19.0. The molecule has 2 aromatic carbocycles. The van der Waals surface area contributed by atoms with Gasteiger partial charge in [-0.2, -0.15) is 5.26 Å². The van der Waals surface area contributed by atoms with Crippen LogP contribution in [0.2, 0.25) is 0 Å². The van der Waals surface area contributed by atoms with Crippen LogP contribution in [0.3, 0.4) is 0 Å². The summed E-state index contributed by atoms with van der Waals surface area (Å²) in [6.07, 6.45) is -1.80. The number of rotatable bonds is 6. The number of ether oxygens (including phenoxy) is 1. The van der Waals surface area contributed by atoms with E-state index in [9.17, 15) is 20.3 Å². The summed E-state index contributed by atoms with van der Waals surface area (Å²) < 4.78 is 7.38. The summed E-state index contributed by atoms with van der Waals surface area (Å²) in [5, 5.41) is 34.4. The van der Waals surface area contributed by atoms with Gasteiger partial charge in [-0.1, -0.05) is 18.2 Å². The summed E-state index contributed by atoms with van der Waals surface area (Å²) in [6.45, 7) is 6.06. The molecule has 3 heterocycles. The second kappa shape index (κ2) is 11.8. The number of nitriles is 1. The first-order valence-corrected chi connectivity index (χ1v) is 13.8. The van der Waals surface area contributed by atoms with E-state index >= 15 is 0 Å². The van der Waals surface area contributed by atoms with Crippen molar-refractivity contribution in [3.63, 3.8) is 0 Å². The minimum atomic E-state index is -1.06. The van der Waals surface area contributed by atoms with Crippen molar-refractivity contribution < 1.29 is 19.7 Å². The maximum absolute atomic E-state index is 12.9. The Morgan fingerprint density at radius 3 is 2.48 bits per heavy atom. The van der Waals surface area contributed by atoms with Crippen LogP contribution in [-0.4, -0.2) is 83.9 Å². The molecule has 5 rings (SSSR count). The van der Waals surface area contributed by atoms with Gasteiger partial charge in [0.2, 0.25) is 0 Å². The molecule has 1 amide bonds. The topological polar surface area (TPSA) is 114 Å². The third-order valence-electron chi connectivity index (χ3n) is 8.06. The summed E-state index contributed by atoms with van der Waals surface area (Å²) >= 11 is 0. The molecule has 0 radical (unpaired) electrons. The Morgan fingerprint density at radius 2 is 1.75 bits per heavy atom. The lowest BCUT2D eigenvalue weighted by Crippen LogP contribution is -2.44. The minimum Gasteiger partial charge on any atom is -0.393 e. The van der Waals surface area contributed by atoms with E-state index in [0.29, 0.717) is 12.0 Å². The van der Waals surface area contributed by atoms with Gasteiger partial charge in [0.05, 0.1) is 12.2 Å². The SMILES string of the molecule is C/C(=C(/C#N)C(=O)NCC1CC(O)CC(O)O1)c1ccc(-c2ccc3cc(N4CCN(C)CC4)ccc3c2)n1C. The normalized spacial score (nSPS) is 22.6. The number of aliphatic hydroxyl groups is 2. The van der Waals surface area contributed by atoms with Crippen molar-refractivity contribution >= 4 is 27.9 Å². The van der Waals surface area contributed by atoms with Crippen molar-refractivity contribution in [3.05, 3.63) is 59.8 Å². The smallest absolute Gasteiger partial charge is 0.262 e. The standard InChI is InChI=1S/C31H37N5O4/c1-20(27(18-32)31(39)33-19-26-16-25(37)17-30(38)40-26)28-8-9-29(35(28)3)23-5-4-22-15-24(7-6-21(22)14-23)36-12-10-34(2)11-13-36/h4-9,14-15,25-26,30,37-38H,10-13,16-17,19H2,1-3H3,(H,33,39)/b27-20+. The van der Waals surface area contributed by atoms with Crippen molar-refractivity contribution in [1.82, 2.24) is 14.8 Å². The van der Waals surface area contributed by atoms with Crippen LogP contribution in [-0.2, 0) is 16.6 Å². The largest absolute Gasteiger partial charge is 0.393 e. The number of likely N-dealkylation sites (N-methyl/N-ethyl adjacent to an activating group) is 1. The van der Waals surface area contributed by atoms with E-state index in [-0.39, 0.29) is 18.5 Å². The number of anilines is 1. The van der Waals surface area contributed by atoms with E-state index in [1.165, 1.54) is 11.1 Å². The Morgan fingerprint density at radius 1 is 1.02 bits per heavy atom. The lowest BCUT2D eigenvalue weighted by Gasteiger charge is -2.34. The van der Waals surface area contributed by atoms with Gasteiger partial charge in [-0.05, 0) is 66.2 Å². The number of aromatic nitrogens is 1. The zero-order chi connectivity index (χ0) is 28.4. The van der Waals surface area contributed by atoms with Crippen molar-refractivity contribution in [3.8, 4) is 17.3 Å². The molecule has 9 nitrogen and oxygen atoms in total. The number of allylic oxidation sites excluding steroid dienone is 1. The van der Waals surface area contributed by atoms with Crippen LogP contribution < -0.4 is 10.2 Å². The van der Waals surface area contributed by atoms with Crippen LogP contribution >= 0.6 is 0 Å². The quantitative estimate of drug-likeness (QED) is 0.324. The van der Waals surface area contributed by atoms with Crippen molar-refractivity contribution in [2.24, 2.45) is 7.05 Å². The molecule has 1 aromatic heterocycles. The number of hydrogen-bond donors (Lipinski definition) is 3. The molecule has 40 heavy (non-hydrogen) atoms. The van der Waals surface area contributed by atoms with Gasteiger partial charge in [0.15, 0.2) is 6.29 Å². The lowest BCUT2D eigenvalue weighted by molar-refractivity contribution is -0.187. The van der Waals surface area contributed by atoms with Crippen LogP contribution in [0.4, 0.5) is 5.69 Å². The van der Waals surface area contributed by atoms with Crippen LogP contribution in [0.1, 0.15) is 25.5 Å². The van der Waals surface area contributed by atoms with E-state index in [1.54, 1.807) is 6.92 Å². The molecule has 9 heteroatoms. The summed E-state index contributed by atoms with van der Waals surface area (Å²) in [7, 11) is 4.09. The van der Waals surface area contributed by atoms with Crippen LogP contribution in [0.5, 0.6) is 0 Å². The van der Waals surface area contributed by atoms with Gasteiger partial charge in [0, 0.05) is 69.7 Å². The first-order chi connectivity index (χ1) is 19.2. The van der Waals surface area contributed by atoms with Gasteiger partial charge in [-0.25, -0.2) is 0 Å². The van der Waals surface area contributed by atoms with Gasteiger partial charge in [0.25, 0.3) is 5.91 Å². The van der Waals surface area contributed by atoms with Gasteiger partial charge in [0.1, 0.15) is 11.6 Å². The predicted molar refractivity (Wildman–Crippen MR) is 155 cm³/mol. The Kier molecular flexibility index (Phi) is 8.24. The monoisotopic (exact) mass is 543 g/mol.